The van der Waals surface area contributed by atoms with Crippen LogP contribution in [-0.4, -0.2) is 119 Å². The third-order valence-corrected chi connectivity index (χ3v) is 10.0. The number of anilines is 2. The molecule has 2 N–H and O–H groups in total. The second kappa shape index (κ2) is 14.6. The van der Waals surface area contributed by atoms with E-state index in [0.717, 1.165) is 101 Å². The normalized spacial score (nSPS) is 28.4. The average Bonchev–Trinajstić information content (AvgIpc) is 3.74. The Morgan fingerprint density at radius 1 is 1.20 bits per heavy atom. The highest BCUT2D eigenvalue weighted by molar-refractivity contribution is 5.69. The Morgan fingerprint density at radius 3 is 2.74 bits per heavy atom. The molecule has 0 aromatic carbocycles. The summed E-state index contributed by atoms with van der Waals surface area (Å²) < 4.78 is 13.5. The van der Waals surface area contributed by atoms with Crippen LogP contribution in [0.3, 0.4) is 0 Å². The fourth-order valence-corrected chi connectivity index (χ4v) is 7.54. The lowest BCUT2D eigenvalue weighted by atomic mass is 9.96. The largest absolute Gasteiger partial charge is 0.445 e. The third-order valence-electron chi connectivity index (χ3n) is 10.0. The lowest BCUT2D eigenvalue weighted by molar-refractivity contribution is 0.0269. The molecule has 250 valence electrons. The van der Waals surface area contributed by atoms with Crippen LogP contribution in [0.15, 0.2) is 24.4 Å². The number of fused-ring (bicyclic) bond motifs is 3. The van der Waals surface area contributed by atoms with Gasteiger partial charge in [-0.15, -0.1) is 0 Å². The van der Waals surface area contributed by atoms with E-state index >= 15 is 0 Å². The summed E-state index contributed by atoms with van der Waals surface area (Å²) >= 11 is 0. The van der Waals surface area contributed by atoms with E-state index in [-0.39, 0.29) is 42.3 Å². The molecule has 1 amide bonds. The first kappa shape index (κ1) is 32.5. The molecule has 6 heterocycles. The fraction of sp³-hybridized carbons (Fsp3) is 0.706. The number of nitrogens with zero attached hydrogens (tertiary/aromatic N) is 7. The van der Waals surface area contributed by atoms with Crippen molar-refractivity contribution in [3.63, 3.8) is 0 Å². The summed E-state index contributed by atoms with van der Waals surface area (Å²) in [5, 5.41) is 21.4. The number of carbonyl (C=O) groups excluding carboxylic acids is 1. The molecule has 2 aromatic rings. The quantitative estimate of drug-likeness (QED) is 0.346. The monoisotopic (exact) mass is 633 g/mol. The highest BCUT2D eigenvalue weighted by atomic mass is 16.6. The van der Waals surface area contributed by atoms with E-state index in [0.29, 0.717) is 12.5 Å². The molecular weight excluding hydrogens is 582 g/mol. The van der Waals surface area contributed by atoms with Crippen molar-refractivity contribution in [2.45, 2.75) is 95.0 Å². The molecule has 0 radical (unpaired) electrons. The highest BCUT2D eigenvalue weighted by Crippen LogP contribution is 2.38. The van der Waals surface area contributed by atoms with Crippen LogP contribution in [0, 0.1) is 17.2 Å². The molecule has 2 bridgehead atoms. The Hall–Kier alpha value is -3.40. The number of rotatable bonds is 11. The summed E-state index contributed by atoms with van der Waals surface area (Å²) in [5.74, 6) is 2.36. The Kier molecular flexibility index (Phi) is 10.3. The molecule has 46 heavy (non-hydrogen) atoms. The van der Waals surface area contributed by atoms with Gasteiger partial charge in [-0.2, -0.15) is 14.9 Å². The SMILES string of the molecule is CC(C)c1cnn2c(NC3C[C@H]4CC[C@H](C3)N4C(=O)O[C@@H]3CCN(C/C=C/CN(C)C)C3)cc(NC[C@@H]3CCO[C@@H](C#N)C3)nc12. The van der Waals surface area contributed by atoms with Gasteiger partial charge >= 0.3 is 6.09 Å². The molecule has 4 aliphatic heterocycles. The van der Waals surface area contributed by atoms with E-state index in [1.54, 1.807) is 0 Å². The maximum atomic E-state index is 13.4. The molecule has 5 atom stereocenters. The topological polar surface area (TPSA) is 123 Å². The molecular formula is C34H51N9O3. The Bertz CT molecular complexity index is 1400. The van der Waals surface area contributed by atoms with Crippen LogP contribution in [-0.2, 0) is 9.47 Å². The van der Waals surface area contributed by atoms with Gasteiger partial charge in [0, 0.05) is 69.1 Å². The van der Waals surface area contributed by atoms with Gasteiger partial charge in [0.15, 0.2) is 5.65 Å². The van der Waals surface area contributed by atoms with Crippen LogP contribution in [0.4, 0.5) is 16.4 Å². The minimum absolute atomic E-state index is 0.0390. The lowest BCUT2D eigenvalue weighted by Crippen LogP contribution is -2.50. The van der Waals surface area contributed by atoms with Crippen molar-refractivity contribution in [3.8, 4) is 6.07 Å². The maximum absolute atomic E-state index is 13.4. The van der Waals surface area contributed by atoms with Crippen LogP contribution in [0.5, 0.6) is 0 Å². The Labute approximate surface area is 273 Å². The minimum atomic E-state index is -0.331. The van der Waals surface area contributed by atoms with E-state index < -0.39 is 0 Å². The summed E-state index contributed by atoms with van der Waals surface area (Å²) in [6.07, 6.45) is 12.1. The zero-order valence-electron chi connectivity index (χ0n) is 27.9. The molecule has 4 aliphatic rings. The smallest absolute Gasteiger partial charge is 0.410 e. The van der Waals surface area contributed by atoms with Gasteiger partial charge in [-0.25, -0.2) is 9.78 Å². The lowest BCUT2D eigenvalue weighted by Gasteiger charge is -2.39. The number of likely N-dealkylation sites (tertiary alicyclic amines) is 1. The second-order valence-electron chi connectivity index (χ2n) is 14.2. The molecule has 0 unspecified atom stereocenters. The van der Waals surface area contributed by atoms with E-state index in [2.05, 4.69) is 72.7 Å². The Morgan fingerprint density at radius 2 is 2.00 bits per heavy atom. The number of amides is 1. The number of hydrogen-bond donors (Lipinski definition) is 2. The number of nitriles is 1. The summed E-state index contributed by atoms with van der Waals surface area (Å²) in [5.41, 5.74) is 1.96. The van der Waals surface area contributed by atoms with Crippen LogP contribution in [0.2, 0.25) is 0 Å². The fourth-order valence-electron chi connectivity index (χ4n) is 7.54. The number of hydrogen-bond acceptors (Lipinski definition) is 10. The predicted octanol–water partition coefficient (Wildman–Crippen LogP) is 4.32. The average molecular weight is 634 g/mol. The van der Waals surface area contributed by atoms with Gasteiger partial charge in [-0.1, -0.05) is 26.0 Å². The van der Waals surface area contributed by atoms with Crippen molar-refractivity contribution < 1.29 is 14.3 Å². The van der Waals surface area contributed by atoms with E-state index in [1.807, 2.05) is 15.6 Å². The third kappa shape index (κ3) is 7.59. The molecule has 0 spiro atoms. The van der Waals surface area contributed by atoms with E-state index in [1.165, 1.54) is 0 Å². The number of likely N-dealkylation sites (N-methyl/N-ethyl adjacent to an activating group) is 1. The van der Waals surface area contributed by atoms with E-state index in [9.17, 15) is 10.1 Å². The van der Waals surface area contributed by atoms with Gasteiger partial charge in [0.25, 0.3) is 0 Å². The van der Waals surface area contributed by atoms with Gasteiger partial charge in [0.2, 0.25) is 0 Å². The molecule has 4 fully saturated rings. The van der Waals surface area contributed by atoms with Crippen molar-refractivity contribution in [3.05, 3.63) is 30.0 Å². The molecule has 6 rings (SSSR count). The molecule has 2 aromatic heterocycles. The van der Waals surface area contributed by atoms with Crippen molar-refractivity contribution in [2.24, 2.45) is 5.92 Å². The number of nitrogens with one attached hydrogen (secondary N) is 2. The summed E-state index contributed by atoms with van der Waals surface area (Å²) in [7, 11) is 4.14. The van der Waals surface area contributed by atoms with Gasteiger partial charge in [0.1, 0.15) is 23.8 Å². The zero-order valence-corrected chi connectivity index (χ0v) is 27.9. The van der Waals surface area contributed by atoms with Gasteiger partial charge in [-0.3, -0.25) is 4.90 Å². The van der Waals surface area contributed by atoms with Crippen molar-refractivity contribution in [1.82, 2.24) is 29.3 Å². The molecule has 0 saturated carbocycles. The van der Waals surface area contributed by atoms with Crippen molar-refractivity contribution in [1.29, 1.82) is 5.26 Å². The first-order valence-corrected chi connectivity index (χ1v) is 17.2. The molecule has 12 nitrogen and oxygen atoms in total. The summed E-state index contributed by atoms with van der Waals surface area (Å²) in [6, 6.07) is 4.88. The van der Waals surface area contributed by atoms with Gasteiger partial charge in [0.05, 0.1) is 12.3 Å². The van der Waals surface area contributed by atoms with Crippen molar-refractivity contribution >= 4 is 23.4 Å². The first-order valence-electron chi connectivity index (χ1n) is 17.2. The van der Waals surface area contributed by atoms with Gasteiger partial charge < -0.3 is 29.9 Å². The van der Waals surface area contributed by atoms with Crippen LogP contribution in [0.25, 0.3) is 5.65 Å². The molecule has 0 aliphatic carbocycles. The maximum Gasteiger partial charge on any atom is 0.410 e. The molecule has 4 saturated heterocycles. The molecule has 12 heteroatoms. The number of piperidine rings is 1. The first-order chi connectivity index (χ1) is 22.3. The Balaban J connectivity index is 1.07. The standard InChI is InChI=1S/C34H51N9O3/c1-23(2)30-21-37-43-32(18-31(39-33(30)43)36-20-24-10-14-45-29(15-24)19-35)38-25-16-26-7-8-27(17-25)42(26)34(44)46-28-9-13-41(22-28)12-6-5-11-40(3)4/h5-6,18,21,23-29,38H,7-17,20,22H2,1-4H3,(H,36,39)/b6-5+/t24-,26-,27-,28-,29-/m1/s1. The summed E-state index contributed by atoms with van der Waals surface area (Å²) in [4.78, 5) is 25.0. The van der Waals surface area contributed by atoms with E-state index in [4.69, 9.17) is 19.6 Å². The van der Waals surface area contributed by atoms with Crippen LogP contribution in [0.1, 0.15) is 70.3 Å². The van der Waals surface area contributed by atoms with Gasteiger partial charge in [-0.05, 0) is 70.9 Å². The van der Waals surface area contributed by atoms with Crippen molar-refractivity contribution in [2.75, 3.05) is 64.1 Å². The summed E-state index contributed by atoms with van der Waals surface area (Å²) in [6.45, 7) is 9.28. The number of aromatic nitrogens is 3. The predicted molar refractivity (Wildman–Crippen MR) is 178 cm³/mol. The minimum Gasteiger partial charge on any atom is -0.445 e. The zero-order chi connectivity index (χ0) is 32.2. The highest BCUT2D eigenvalue weighted by Gasteiger charge is 2.45. The van der Waals surface area contributed by atoms with Crippen LogP contribution >= 0.6 is 0 Å². The second-order valence-corrected chi connectivity index (χ2v) is 14.2. The number of carbonyl (C=O) groups is 1. The van der Waals surface area contributed by atoms with Crippen LogP contribution < -0.4 is 10.6 Å². The number of ether oxygens (including phenoxy) is 2.